The average Bonchev–Trinajstić information content (AvgIpc) is 1.01. The van der Waals surface area contributed by atoms with Crippen LogP contribution in [0, 0.1) is 59.2 Å². The van der Waals surface area contributed by atoms with Gasteiger partial charge in [0.25, 0.3) is 0 Å². The maximum atomic E-state index is 15.0. The molecule has 0 radical (unpaired) electrons. The summed E-state index contributed by atoms with van der Waals surface area (Å²) in [7, 11) is 0. The molecule has 94 heavy (non-hydrogen) atoms. The van der Waals surface area contributed by atoms with Gasteiger partial charge in [0.1, 0.15) is 57.8 Å². The minimum Gasteiger partial charge on any atom is -0.508 e. The van der Waals surface area contributed by atoms with Crippen molar-refractivity contribution >= 4 is 87.7 Å². The van der Waals surface area contributed by atoms with Crippen LogP contribution >= 0.6 is 0 Å². The maximum absolute atomic E-state index is 15.0. The van der Waals surface area contributed by atoms with Gasteiger partial charge >= 0.3 is 11.9 Å². The summed E-state index contributed by atoms with van der Waals surface area (Å²) >= 11 is 0. The SMILES string of the molecule is CC(CCCN=C(N)N)C(=O)CC(CC(N)=O)C(=O)CC(=O)C(CC(N)=O)CC(Cc1ccccc1)C(=O)CC(CC(C(=O)CC(CCC(=O)O)C(=O)CC(CCC(=O)O)C(=O)CC(Cc1ccc(O)cc1)C(=O)CC(CCCCN)C(N)=O)C(C)O)C(=O)CCCCN. The summed E-state index contributed by atoms with van der Waals surface area (Å²) in [5.74, 6) is -23.7. The Morgan fingerprint density at radius 2 is 0.883 bits per heavy atom. The molecule has 2 aromatic carbocycles. The molecule has 0 aliphatic carbocycles. The molecule has 0 saturated heterocycles. The van der Waals surface area contributed by atoms with Crippen molar-refractivity contribution in [2.24, 2.45) is 104 Å². The first kappa shape index (κ1) is 81.9. The predicted molar refractivity (Wildman–Crippen MR) is 347 cm³/mol. The van der Waals surface area contributed by atoms with Crippen molar-refractivity contribution in [3.05, 3.63) is 65.7 Å². The number of hydrogen-bond acceptors (Lipinski definition) is 19. The molecule has 0 saturated carbocycles. The van der Waals surface area contributed by atoms with Crippen molar-refractivity contribution < 1.29 is 87.5 Å². The lowest BCUT2D eigenvalue weighted by molar-refractivity contribution is -0.140. The summed E-state index contributed by atoms with van der Waals surface area (Å²) in [4.78, 5) is 194. The number of aliphatic hydroxyl groups is 1. The van der Waals surface area contributed by atoms with E-state index in [0.717, 1.165) is 0 Å². The molecule has 0 aliphatic rings. The fraction of sp³-hybridized carbons (Fsp3) is 0.603. The molecule has 2 rings (SSSR count). The highest BCUT2D eigenvalue weighted by Gasteiger charge is 2.39. The monoisotopic (exact) mass is 1320 g/mol. The van der Waals surface area contributed by atoms with Crippen LogP contribution in [0.5, 0.6) is 5.75 Å². The molecule has 0 bridgehead atoms. The summed E-state index contributed by atoms with van der Waals surface area (Å²) in [6, 6.07) is 14.3. The fourth-order valence-corrected chi connectivity index (χ4v) is 11.7. The molecule has 0 aliphatic heterocycles. The van der Waals surface area contributed by atoms with E-state index in [1.807, 2.05) is 0 Å². The van der Waals surface area contributed by atoms with E-state index in [2.05, 4.69) is 4.99 Å². The van der Waals surface area contributed by atoms with Crippen molar-refractivity contribution in [3.63, 3.8) is 0 Å². The Kier molecular flexibility index (Phi) is 38.0. The lowest BCUT2D eigenvalue weighted by Gasteiger charge is -2.28. The third kappa shape index (κ3) is 32.6. The molecule has 3 amide bonds. The van der Waals surface area contributed by atoms with Crippen LogP contribution in [0.3, 0.4) is 0 Å². The van der Waals surface area contributed by atoms with Gasteiger partial charge < -0.3 is 60.6 Å². The highest BCUT2D eigenvalue weighted by molar-refractivity contribution is 6.04. The fourth-order valence-electron chi connectivity index (χ4n) is 11.7. The van der Waals surface area contributed by atoms with Gasteiger partial charge in [0.2, 0.25) is 17.7 Å². The number of nitrogens with two attached hydrogens (primary N) is 7. The zero-order valence-electron chi connectivity index (χ0n) is 54.3. The lowest BCUT2D eigenvalue weighted by Crippen LogP contribution is -2.36. The van der Waals surface area contributed by atoms with Crippen molar-refractivity contribution in [1.82, 2.24) is 0 Å². The Labute approximate surface area is 549 Å². The van der Waals surface area contributed by atoms with E-state index in [0.29, 0.717) is 49.8 Å². The Bertz CT molecular complexity index is 2910. The van der Waals surface area contributed by atoms with Crippen molar-refractivity contribution in [2.75, 3.05) is 19.6 Å². The van der Waals surface area contributed by atoms with Crippen LogP contribution in [-0.4, -0.2) is 134 Å². The van der Waals surface area contributed by atoms with Crippen LogP contribution in [0.4, 0.5) is 0 Å². The van der Waals surface area contributed by atoms with Gasteiger partial charge in [-0.2, -0.15) is 0 Å². The van der Waals surface area contributed by atoms with Crippen LogP contribution in [0.15, 0.2) is 59.6 Å². The number of aliphatic imine (C=N–C) groups is 1. The van der Waals surface area contributed by atoms with Gasteiger partial charge in [-0.05, 0) is 120 Å². The molecule has 520 valence electrons. The second-order valence-corrected chi connectivity index (χ2v) is 25.0. The summed E-state index contributed by atoms with van der Waals surface area (Å²) < 4.78 is 0. The van der Waals surface area contributed by atoms with E-state index in [1.165, 1.54) is 31.2 Å². The highest BCUT2D eigenvalue weighted by atomic mass is 16.4. The minimum atomic E-state index is -1.55. The number of nitrogens with zero attached hydrogens (tertiary/aromatic N) is 1. The Morgan fingerprint density at radius 1 is 0.426 bits per heavy atom. The van der Waals surface area contributed by atoms with E-state index < -0.39 is 230 Å². The third-order valence-corrected chi connectivity index (χ3v) is 17.3. The Balaban J connectivity index is 2.62. The number of amides is 3. The molecule has 0 heterocycles. The summed E-state index contributed by atoms with van der Waals surface area (Å²) in [5, 5.41) is 40.9. The number of carbonyl (C=O) groups excluding carboxylic acids is 12. The average molecular weight is 1320 g/mol. The zero-order chi connectivity index (χ0) is 70.6. The second-order valence-electron chi connectivity index (χ2n) is 25.0. The van der Waals surface area contributed by atoms with E-state index >= 15 is 0 Å². The van der Waals surface area contributed by atoms with Gasteiger partial charge in [-0.15, -0.1) is 0 Å². The van der Waals surface area contributed by atoms with Crippen molar-refractivity contribution in [1.29, 1.82) is 0 Å². The van der Waals surface area contributed by atoms with E-state index in [9.17, 15) is 87.5 Å². The third-order valence-electron chi connectivity index (χ3n) is 17.3. The number of phenolic OH excluding ortho intramolecular Hbond substituents is 1. The number of guanidine groups is 1. The van der Waals surface area contributed by atoms with Crippen LogP contribution < -0.4 is 40.1 Å². The number of ketones is 9. The van der Waals surface area contributed by atoms with E-state index in [1.54, 1.807) is 37.3 Å². The van der Waals surface area contributed by atoms with Gasteiger partial charge in [0, 0.05) is 136 Å². The largest absolute Gasteiger partial charge is 0.508 e. The summed E-state index contributed by atoms with van der Waals surface area (Å²) in [6.07, 6.45) is -7.57. The molecule has 0 aromatic heterocycles. The zero-order valence-corrected chi connectivity index (χ0v) is 54.3. The normalized spacial score (nSPS) is 14.8. The summed E-state index contributed by atoms with van der Waals surface area (Å²) in [5.41, 5.74) is 40.1. The molecule has 26 heteroatoms. The van der Waals surface area contributed by atoms with Gasteiger partial charge in [0.05, 0.1) is 12.5 Å². The topological polar surface area (TPSA) is 514 Å². The molecule has 18 N–H and O–H groups in total. The van der Waals surface area contributed by atoms with E-state index in [4.69, 9.17) is 40.1 Å². The molecule has 11 unspecified atom stereocenters. The second kappa shape index (κ2) is 43.6. The number of Topliss-reactive ketones (excluding diaryl/α,β-unsaturated/α-hetero) is 9. The first-order chi connectivity index (χ1) is 44.3. The van der Waals surface area contributed by atoms with Crippen LogP contribution in [0.1, 0.15) is 173 Å². The molecule has 26 nitrogen and oxygen atoms in total. The first-order valence-electron chi connectivity index (χ1n) is 32.3. The standard InChI is InChI=1S/C68H100N8O18/c1-40(11-10-26-76-68(74)75)55(80)34-51(38-64(72)89)61(86)39-60(85)49(37-63(71)88)29-47(27-42-12-4-3-5-13-42)59(84)36-50(54(79)15-7-9-25-70)30-53(41(2)77)62(87)32-45(19-23-66(92)93)56(81)31-44(18-22-65(90)91)57(82)35-48(28-43-16-20-52(78)21-17-43)58(83)33-46(67(73)94)14-6-8-24-69/h3-5,12-13,16-17,20-21,40-41,44-51,53,77-78H,6-11,14-15,18-19,22-39,69-70H2,1-2H3,(H2,71,88)(H2,72,89)(H2,73,94)(H,90,91)(H,92,93)(H4,74,75,76). The number of carboxylic acids is 2. The number of primary amides is 3. The number of aliphatic carboxylic acids is 2. The van der Waals surface area contributed by atoms with Crippen LogP contribution in [-0.2, 0) is 80.0 Å². The summed E-state index contributed by atoms with van der Waals surface area (Å²) in [6.45, 7) is 3.63. The van der Waals surface area contributed by atoms with Gasteiger partial charge in [0.15, 0.2) is 5.96 Å². The van der Waals surface area contributed by atoms with Crippen LogP contribution in [0.25, 0.3) is 0 Å². The Hall–Kier alpha value is -8.23. The molecular weight excluding hydrogens is 1220 g/mol. The lowest BCUT2D eigenvalue weighted by atomic mass is 9.75. The highest BCUT2D eigenvalue weighted by Crippen LogP contribution is 2.33. The molecule has 0 fully saturated rings. The number of carbonyl (C=O) groups is 14. The number of unbranched alkanes of at least 4 members (excludes halogenated alkanes) is 2. The van der Waals surface area contributed by atoms with Gasteiger partial charge in [-0.25, -0.2) is 0 Å². The number of benzene rings is 2. The van der Waals surface area contributed by atoms with Crippen molar-refractivity contribution in [3.8, 4) is 5.75 Å². The number of aliphatic hydroxyl groups excluding tert-OH is 1. The predicted octanol–water partition coefficient (Wildman–Crippen LogP) is 3.65. The van der Waals surface area contributed by atoms with Gasteiger partial charge in [-0.1, -0.05) is 55.8 Å². The molecule has 0 spiro atoms. The first-order valence-corrected chi connectivity index (χ1v) is 32.3. The van der Waals surface area contributed by atoms with E-state index in [-0.39, 0.29) is 69.7 Å². The number of rotatable bonds is 55. The number of aromatic hydroxyl groups is 1. The smallest absolute Gasteiger partial charge is 0.303 e. The minimum absolute atomic E-state index is 0.0625. The Morgan fingerprint density at radius 3 is 1.41 bits per heavy atom. The molecule has 11 atom stereocenters. The van der Waals surface area contributed by atoms with Gasteiger partial charge in [-0.3, -0.25) is 72.1 Å². The number of phenols is 1. The molecular formula is C68H100N8O18. The van der Waals surface area contributed by atoms with Crippen molar-refractivity contribution in [2.45, 2.75) is 180 Å². The van der Waals surface area contributed by atoms with Crippen LogP contribution in [0.2, 0.25) is 0 Å². The molecule has 2 aromatic rings. The maximum Gasteiger partial charge on any atom is 0.303 e. The number of carboxylic acid groups (broad SMARTS) is 2. The quantitative estimate of drug-likeness (QED) is 0.0195. The number of hydrogen-bond donors (Lipinski definition) is 11.